The van der Waals surface area contributed by atoms with Crippen LogP contribution in [0.5, 0.6) is 0 Å². The van der Waals surface area contributed by atoms with E-state index in [1.54, 1.807) is 62.3 Å². The highest BCUT2D eigenvalue weighted by atomic mass is 16.6. The van der Waals surface area contributed by atoms with E-state index >= 15 is 0 Å². The molecule has 2 atom stereocenters. The Bertz CT molecular complexity index is 1420. The molecule has 2 amide bonds. The van der Waals surface area contributed by atoms with Gasteiger partial charge in [-0.05, 0) is 91.0 Å². The first kappa shape index (κ1) is 37.1. The molecule has 0 unspecified atom stereocenters. The molecule has 0 saturated carbocycles. The van der Waals surface area contributed by atoms with E-state index in [-0.39, 0.29) is 25.4 Å². The molecular formula is C36H48N2O9. The van der Waals surface area contributed by atoms with Crippen LogP contribution in [-0.2, 0) is 38.1 Å². The zero-order chi connectivity index (χ0) is 35.2. The highest BCUT2D eigenvalue weighted by molar-refractivity contribution is 5.92. The summed E-state index contributed by atoms with van der Waals surface area (Å²) >= 11 is 0. The lowest BCUT2D eigenvalue weighted by Crippen LogP contribution is -2.53. The van der Waals surface area contributed by atoms with Crippen LogP contribution in [0.4, 0.5) is 4.79 Å². The van der Waals surface area contributed by atoms with Crippen LogP contribution in [-0.4, -0.2) is 65.4 Å². The molecule has 0 radical (unpaired) electrons. The fourth-order valence-electron chi connectivity index (χ4n) is 5.09. The van der Waals surface area contributed by atoms with Gasteiger partial charge in [0.2, 0.25) is 5.91 Å². The molecule has 0 saturated heterocycles. The maximum absolute atomic E-state index is 13.6. The minimum Gasteiger partial charge on any atom is -0.460 e. The normalized spacial score (nSPS) is 14.1. The summed E-state index contributed by atoms with van der Waals surface area (Å²) in [4.78, 5) is 65.1. The zero-order valence-corrected chi connectivity index (χ0v) is 28.9. The number of nitrogens with one attached hydrogen (secondary N) is 2. The Kier molecular flexibility index (Phi) is 11.8. The highest BCUT2D eigenvalue weighted by Gasteiger charge is 2.34. The molecule has 0 fully saturated rings. The van der Waals surface area contributed by atoms with Gasteiger partial charge in [-0.25, -0.2) is 9.59 Å². The molecule has 0 aliphatic heterocycles. The van der Waals surface area contributed by atoms with Crippen LogP contribution in [0.25, 0.3) is 11.1 Å². The minimum absolute atomic E-state index is 0.0168. The fourth-order valence-corrected chi connectivity index (χ4v) is 5.09. The van der Waals surface area contributed by atoms with Crippen LogP contribution in [0, 0.1) is 0 Å². The van der Waals surface area contributed by atoms with E-state index in [4.69, 9.17) is 18.9 Å². The Hall–Kier alpha value is -4.41. The van der Waals surface area contributed by atoms with Gasteiger partial charge in [-0.3, -0.25) is 14.4 Å². The first-order chi connectivity index (χ1) is 21.7. The standard InChI is InChI=1S/C36H48N2O9/c1-34(2,3)45-29(39)19-18-27(32(42)47-36(7,8)9)37-31(41)28(20-30(40)46-35(4,5)6)38-33(43)44-21-26-24-16-12-10-14-22(24)23-15-11-13-17-25(23)26/h10-17,26-28H,18-21H2,1-9H3,(H,37,41)(H,38,43)/t27-,28-/m0/s1. The van der Waals surface area contributed by atoms with Crippen molar-refractivity contribution >= 4 is 29.9 Å². The summed E-state index contributed by atoms with van der Waals surface area (Å²) in [6.45, 7) is 15.2. The Morgan fingerprint density at radius 1 is 0.660 bits per heavy atom. The van der Waals surface area contributed by atoms with E-state index in [1.807, 2.05) is 48.5 Å². The Balaban J connectivity index is 1.77. The summed E-state index contributed by atoms with van der Waals surface area (Å²) in [6, 6.07) is 13.0. The molecule has 1 aliphatic carbocycles. The van der Waals surface area contributed by atoms with Gasteiger partial charge in [0, 0.05) is 12.3 Å². The molecule has 11 nitrogen and oxygen atoms in total. The van der Waals surface area contributed by atoms with Gasteiger partial charge in [-0.15, -0.1) is 0 Å². The van der Waals surface area contributed by atoms with Gasteiger partial charge in [-0.1, -0.05) is 48.5 Å². The third-order valence-electron chi connectivity index (χ3n) is 6.81. The first-order valence-electron chi connectivity index (χ1n) is 15.8. The third kappa shape index (κ3) is 11.7. The molecule has 2 aromatic rings. The third-order valence-corrected chi connectivity index (χ3v) is 6.81. The Morgan fingerprint density at radius 2 is 1.15 bits per heavy atom. The second-order valence-corrected chi connectivity index (χ2v) is 14.5. The van der Waals surface area contributed by atoms with Crippen LogP contribution in [0.15, 0.2) is 48.5 Å². The largest absolute Gasteiger partial charge is 0.460 e. The van der Waals surface area contributed by atoms with Crippen molar-refractivity contribution in [3.05, 3.63) is 59.7 Å². The summed E-state index contributed by atoms with van der Waals surface area (Å²) < 4.78 is 21.8. The number of benzene rings is 2. The molecule has 1 aliphatic rings. The number of amides is 2. The van der Waals surface area contributed by atoms with Gasteiger partial charge in [0.25, 0.3) is 0 Å². The second kappa shape index (κ2) is 15.0. The predicted octanol–water partition coefficient (Wildman–Crippen LogP) is 5.57. The number of esters is 3. The van der Waals surface area contributed by atoms with E-state index in [1.165, 1.54) is 0 Å². The van der Waals surface area contributed by atoms with E-state index < -0.39 is 65.2 Å². The molecule has 47 heavy (non-hydrogen) atoms. The predicted molar refractivity (Wildman–Crippen MR) is 175 cm³/mol. The zero-order valence-electron chi connectivity index (χ0n) is 28.9. The van der Waals surface area contributed by atoms with Crippen LogP contribution < -0.4 is 10.6 Å². The van der Waals surface area contributed by atoms with Crippen LogP contribution in [0.2, 0.25) is 0 Å². The summed E-state index contributed by atoms with van der Waals surface area (Å²) in [7, 11) is 0. The minimum atomic E-state index is -1.47. The summed E-state index contributed by atoms with van der Waals surface area (Å²) in [5.41, 5.74) is 1.64. The number of hydrogen-bond acceptors (Lipinski definition) is 9. The average molecular weight is 653 g/mol. The SMILES string of the molecule is CC(C)(C)OC(=O)CC[C@H](NC(=O)[C@H](CC(=O)OC(C)(C)C)NC(=O)OCC1c2ccccc2-c2ccccc21)C(=O)OC(C)(C)C. The highest BCUT2D eigenvalue weighted by Crippen LogP contribution is 2.44. The average Bonchev–Trinajstić information content (AvgIpc) is 3.24. The number of fused-ring (bicyclic) bond motifs is 3. The molecule has 0 heterocycles. The van der Waals surface area contributed by atoms with Gasteiger partial charge >= 0.3 is 24.0 Å². The summed E-state index contributed by atoms with van der Waals surface area (Å²) in [6.07, 6.45) is -1.81. The lowest BCUT2D eigenvalue weighted by atomic mass is 9.98. The molecule has 0 aromatic heterocycles. The monoisotopic (exact) mass is 652 g/mol. The lowest BCUT2D eigenvalue weighted by molar-refractivity contribution is -0.160. The van der Waals surface area contributed by atoms with Gasteiger partial charge in [0.05, 0.1) is 6.42 Å². The Labute approximate surface area is 277 Å². The van der Waals surface area contributed by atoms with Crippen LogP contribution in [0.3, 0.4) is 0 Å². The van der Waals surface area contributed by atoms with Crippen molar-refractivity contribution in [3.63, 3.8) is 0 Å². The topological polar surface area (TPSA) is 146 Å². The number of rotatable bonds is 11. The van der Waals surface area contributed by atoms with Crippen molar-refractivity contribution in [2.45, 2.75) is 116 Å². The van der Waals surface area contributed by atoms with Gasteiger partial charge < -0.3 is 29.6 Å². The number of carbonyl (C=O) groups excluding carboxylic acids is 5. The fraction of sp³-hybridized carbons (Fsp3) is 0.528. The van der Waals surface area contributed by atoms with E-state index in [0.29, 0.717) is 0 Å². The van der Waals surface area contributed by atoms with Crippen molar-refractivity contribution in [1.29, 1.82) is 0 Å². The molecule has 256 valence electrons. The van der Waals surface area contributed by atoms with Gasteiger partial charge in [0.15, 0.2) is 0 Å². The Morgan fingerprint density at radius 3 is 1.66 bits per heavy atom. The van der Waals surface area contributed by atoms with Crippen molar-refractivity contribution in [2.24, 2.45) is 0 Å². The van der Waals surface area contributed by atoms with Crippen molar-refractivity contribution < 1.29 is 42.9 Å². The molecule has 2 aromatic carbocycles. The van der Waals surface area contributed by atoms with Gasteiger partial charge in [-0.2, -0.15) is 0 Å². The van der Waals surface area contributed by atoms with E-state index in [2.05, 4.69) is 10.6 Å². The maximum Gasteiger partial charge on any atom is 0.407 e. The summed E-state index contributed by atoms with van der Waals surface area (Å²) in [5, 5.41) is 5.03. The number of ether oxygens (including phenoxy) is 4. The van der Waals surface area contributed by atoms with Crippen molar-refractivity contribution in [3.8, 4) is 11.1 Å². The van der Waals surface area contributed by atoms with E-state index in [9.17, 15) is 24.0 Å². The quantitative estimate of drug-likeness (QED) is 0.235. The van der Waals surface area contributed by atoms with Gasteiger partial charge in [0.1, 0.15) is 35.5 Å². The molecule has 3 rings (SSSR count). The van der Waals surface area contributed by atoms with Crippen molar-refractivity contribution in [2.75, 3.05) is 6.61 Å². The molecule has 0 spiro atoms. The lowest BCUT2D eigenvalue weighted by Gasteiger charge is -2.27. The number of alkyl carbamates (subject to hydrolysis) is 1. The molecule has 0 bridgehead atoms. The first-order valence-corrected chi connectivity index (χ1v) is 15.8. The van der Waals surface area contributed by atoms with Crippen LogP contribution in [0.1, 0.15) is 98.6 Å². The number of carbonyl (C=O) groups is 5. The summed E-state index contributed by atoms with van der Waals surface area (Å²) in [5.74, 6) is -3.19. The maximum atomic E-state index is 13.6. The molecule has 11 heteroatoms. The number of hydrogen-bond donors (Lipinski definition) is 2. The molecule has 2 N–H and O–H groups in total. The molecular weight excluding hydrogens is 604 g/mol. The van der Waals surface area contributed by atoms with E-state index in [0.717, 1.165) is 22.3 Å². The van der Waals surface area contributed by atoms with Crippen molar-refractivity contribution in [1.82, 2.24) is 10.6 Å². The smallest absolute Gasteiger partial charge is 0.407 e. The second-order valence-electron chi connectivity index (χ2n) is 14.5. The van der Waals surface area contributed by atoms with Crippen LogP contribution >= 0.6 is 0 Å².